The number of nitrogens with zero attached hydrogens (tertiary/aromatic N) is 2. The van der Waals surface area contributed by atoms with Crippen LogP contribution in [0.5, 0.6) is 0 Å². The highest BCUT2D eigenvalue weighted by Crippen LogP contribution is 2.15. The Hall–Kier alpha value is -2.93. The van der Waals surface area contributed by atoms with Crippen molar-refractivity contribution in [1.29, 1.82) is 0 Å². The normalized spacial score (nSPS) is 14.5. The molecule has 3 rings (SSSR count). The number of rotatable bonds is 6. The van der Waals surface area contributed by atoms with Crippen molar-refractivity contribution in [2.75, 3.05) is 49.5 Å². The largest absolute Gasteiger partial charge is 0.369 e. The maximum atomic E-state index is 13.1. The molecular formula is C21H25FN4O2. The lowest BCUT2D eigenvalue weighted by molar-refractivity contribution is -0.136. The minimum absolute atomic E-state index is 0.261. The van der Waals surface area contributed by atoms with Crippen LogP contribution in [0.25, 0.3) is 0 Å². The number of hydrogen-bond acceptors (Lipinski definition) is 4. The van der Waals surface area contributed by atoms with Crippen LogP contribution in [-0.2, 0) is 9.59 Å². The summed E-state index contributed by atoms with van der Waals surface area (Å²) in [5.41, 5.74) is 1.51. The SMILES string of the molecule is O=C(NCCCN1CCN(c2ccccc2)CC1)C(=O)Nc1cccc(F)c1. The predicted molar refractivity (Wildman–Crippen MR) is 108 cm³/mol. The van der Waals surface area contributed by atoms with E-state index in [0.717, 1.165) is 39.1 Å². The Balaban J connectivity index is 1.31. The molecule has 0 atom stereocenters. The van der Waals surface area contributed by atoms with Crippen LogP contribution in [0.1, 0.15) is 6.42 Å². The Morgan fingerprint density at radius 2 is 1.68 bits per heavy atom. The van der Waals surface area contributed by atoms with E-state index in [0.29, 0.717) is 6.54 Å². The third-order valence-corrected chi connectivity index (χ3v) is 4.72. The van der Waals surface area contributed by atoms with Gasteiger partial charge >= 0.3 is 11.8 Å². The summed E-state index contributed by atoms with van der Waals surface area (Å²) < 4.78 is 13.1. The summed E-state index contributed by atoms with van der Waals surface area (Å²) in [5.74, 6) is -1.97. The summed E-state index contributed by atoms with van der Waals surface area (Å²) in [6.07, 6.45) is 0.768. The Kier molecular flexibility index (Phi) is 6.97. The summed E-state index contributed by atoms with van der Waals surface area (Å²) in [6, 6.07) is 15.8. The third-order valence-electron chi connectivity index (χ3n) is 4.72. The second-order valence-electron chi connectivity index (χ2n) is 6.74. The second-order valence-corrected chi connectivity index (χ2v) is 6.74. The molecule has 6 nitrogen and oxygen atoms in total. The van der Waals surface area contributed by atoms with Gasteiger partial charge in [-0.1, -0.05) is 24.3 Å². The minimum atomic E-state index is -0.790. The molecule has 1 aliphatic rings. The van der Waals surface area contributed by atoms with Gasteiger partial charge in [-0.2, -0.15) is 0 Å². The van der Waals surface area contributed by atoms with E-state index in [-0.39, 0.29) is 5.69 Å². The first-order chi connectivity index (χ1) is 13.6. The third kappa shape index (κ3) is 5.79. The molecule has 0 bridgehead atoms. The van der Waals surface area contributed by atoms with Crippen LogP contribution in [0, 0.1) is 5.82 Å². The van der Waals surface area contributed by atoms with Gasteiger partial charge in [0.05, 0.1) is 0 Å². The smallest absolute Gasteiger partial charge is 0.313 e. The number of carbonyl (C=O) groups excluding carboxylic acids is 2. The van der Waals surface area contributed by atoms with E-state index in [1.807, 2.05) is 6.07 Å². The van der Waals surface area contributed by atoms with Crippen molar-refractivity contribution in [2.45, 2.75) is 6.42 Å². The van der Waals surface area contributed by atoms with Crippen LogP contribution in [0.2, 0.25) is 0 Å². The van der Waals surface area contributed by atoms with Gasteiger partial charge in [0.15, 0.2) is 0 Å². The fourth-order valence-electron chi connectivity index (χ4n) is 3.21. The van der Waals surface area contributed by atoms with Crippen LogP contribution < -0.4 is 15.5 Å². The molecule has 148 valence electrons. The van der Waals surface area contributed by atoms with Crippen molar-refractivity contribution in [3.63, 3.8) is 0 Å². The van der Waals surface area contributed by atoms with Gasteiger partial charge in [-0.15, -0.1) is 0 Å². The van der Waals surface area contributed by atoms with E-state index < -0.39 is 17.6 Å². The number of benzene rings is 2. The average molecular weight is 384 g/mol. The summed E-state index contributed by atoms with van der Waals surface area (Å²) in [4.78, 5) is 28.4. The number of para-hydroxylation sites is 1. The van der Waals surface area contributed by atoms with E-state index in [4.69, 9.17) is 0 Å². The van der Waals surface area contributed by atoms with Crippen molar-refractivity contribution in [3.8, 4) is 0 Å². The van der Waals surface area contributed by atoms with Crippen molar-refractivity contribution >= 4 is 23.2 Å². The van der Waals surface area contributed by atoms with E-state index in [2.05, 4.69) is 44.7 Å². The molecular weight excluding hydrogens is 359 g/mol. The molecule has 1 heterocycles. The molecule has 0 saturated carbocycles. The maximum Gasteiger partial charge on any atom is 0.313 e. The predicted octanol–water partition coefficient (Wildman–Crippen LogP) is 2.09. The standard InChI is InChI=1S/C21H25FN4O2/c22-17-6-4-7-18(16-17)24-21(28)20(27)23-10-5-11-25-12-14-26(15-13-25)19-8-2-1-3-9-19/h1-4,6-9,16H,5,10-15H2,(H,23,27)(H,24,28). The molecule has 0 spiro atoms. The molecule has 0 aliphatic carbocycles. The first-order valence-electron chi connectivity index (χ1n) is 9.49. The molecule has 7 heteroatoms. The molecule has 28 heavy (non-hydrogen) atoms. The minimum Gasteiger partial charge on any atom is -0.369 e. The Morgan fingerprint density at radius 3 is 2.39 bits per heavy atom. The topological polar surface area (TPSA) is 64.7 Å². The fourth-order valence-corrected chi connectivity index (χ4v) is 3.21. The Bertz CT molecular complexity index is 792. The molecule has 0 unspecified atom stereocenters. The van der Waals surface area contributed by atoms with Crippen molar-refractivity contribution in [1.82, 2.24) is 10.2 Å². The summed E-state index contributed by atoms with van der Waals surface area (Å²) in [7, 11) is 0. The fraction of sp³-hybridized carbons (Fsp3) is 0.333. The van der Waals surface area contributed by atoms with Crippen LogP contribution in [0.15, 0.2) is 54.6 Å². The molecule has 2 amide bonds. The first-order valence-corrected chi connectivity index (χ1v) is 9.49. The molecule has 1 fully saturated rings. The molecule has 1 aliphatic heterocycles. The number of amides is 2. The number of piperazine rings is 1. The maximum absolute atomic E-state index is 13.1. The number of hydrogen-bond donors (Lipinski definition) is 2. The highest BCUT2D eigenvalue weighted by atomic mass is 19.1. The number of anilines is 2. The molecule has 2 N–H and O–H groups in total. The molecule has 0 aromatic heterocycles. The van der Waals surface area contributed by atoms with Crippen molar-refractivity contribution in [3.05, 3.63) is 60.4 Å². The molecule has 2 aromatic carbocycles. The van der Waals surface area contributed by atoms with Crippen LogP contribution >= 0.6 is 0 Å². The molecule has 2 aromatic rings. The number of halogens is 1. The molecule has 0 radical (unpaired) electrons. The van der Waals surface area contributed by atoms with Crippen LogP contribution in [0.4, 0.5) is 15.8 Å². The Morgan fingerprint density at radius 1 is 0.929 bits per heavy atom. The van der Waals surface area contributed by atoms with Crippen molar-refractivity contribution < 1.29 is 14.0 Å². The second kappa shape index (κ2) is 9.85. The summed E-state index contributed by atoms with van der Waals surface area (Å²) in [5, 5.41) is 5.00. The number of nitrogens with one attached hydrogen (secondary N) is 2. The van der Waals surface area contributed by atoms with Crippen molar-refractivity contribution in [2.24, 2.45) is 0 Å². The van der Waals surface area contributed by atoms with Gasteiger partial charge in [-0.05, 0) is 43.3 Å². The van der Waals surface area contributed by atoms with Crippen LogP contribution in [-0.4, -0.2) is 56.0 Å². The van der Waals surface area contributed by atoms with E-state index in [1.54, 1.807) is 0 Å². The summed E-state index contributed by atoms with van der Waals surface area (Å²) in [6.45, 7) is 5.20. The van der Waals surface area contributed by atoms with Gasteiger partial charge in [0, 0.05) is 44.1 Å². The average Bonchev–Trinajstić information content (AvgIpc) is 2.72. The highest BCUT2D eigenvalue weighted by Gasteiger charge is 2.17. The summed E-state index contributed by atoms with van der Waals surface area (Å²) >= 11 is 0. The van der Waals surface area contributed by atoms with E-state index in [1.165, 1.54) is 30.0 Å². The van der Waals surface area contributed by atoms with Gasteiger partial charge in [-0.25, -0.2) is 4.39 Å². The number of carbonyl (C=O) groups is 2. The highest BCUT2D eigenvalue weighted by molar-refractivity contribution is 6.39. The van der Waals surface area contributed by atoms with Crippen LogP contribution in [0.3, 0.4) is 0 Å². The first kappa shape index (κ1) is 19.8. The van der Waals surface area contributed by atoms with Gasteiger partial charge in [0.1, 0.15) is 5.82 Å². The van der Waals surface area contributed by atoms with E-state index in [9.17, 15) is 14.0 Å². The lowest BCUT2D eigenvalue weighted by Crippen LogP contribution is -2.47. The van der Waals surface area contributed by atoms with E-state index >= 15 is 0 Å². The lowest BCUT2D eigenvalue weighted by atomic mass is 10.2. The van der Waals surface area contributed by atoms with Gasteiger partial charge < -0.3 is 15.5 Å². The zero-order chi connectivity index (χ0) is 19.8. The monoisotopic (exact) mass is 384 g/mol. The quantitative estimate of drug-likeness (QED) is 0.591. The van der Waals surface area contributed by atoms with Gasteiger partial charge in [-0.3, -0.25) is 14.5 Å². The Labute approximate surface area is 164 Å². The molecule has 1 saturated heterocycles. The zero-order valence-electron chi connectivity index (χ0n) is 15.7. The zero-order valence-corrected chi connectivity index (χ0v) is 15.7. The van der Waals surface area contributed by atoms with Gasteiger partial charge in [0.2, 0.25) is 0 Å². The van der Waals surface area contributed by atoms with Gasteiger partial charge in [0.25, 0.3) is 0 Å². The lowest BCUT2D eigenvalue weighted by Gasteiger charge is -2.36.